The quantitative estimate of drug-likeness (QED) is 0.501. The van der Waals surface area contributed by atoms with E-state index in [0.29, 0.717) is 12.3 Å². The summed E-state index contributed by atoms with van der Waals surface area (Å²) in [6.07, 6.45) is 0.860. The molecule has 3 aromatic rings. The van der Waals surface area contributed by atoms with Gasteiger partial charge in [0, 0.05) is 0 Å². The van der Waals surface area contributed by atoms with E-state index < -0.39 is 0 Å². The molecule has 1 aliphatic heterocycles. The van der Waals surface area contributed by atoms with E-state index in [1.54, 1.807) is 0 Å². The number of carbonyl (C=O) groups excluding carboxylic acids is 2. The fourth-order valence-corrected chi connectivity index (χ4v) is 6.21. The molecule has 4 heteroatoms. The minimum absolute atomic E-state index is 0.0572. The highest BCUT2D eigenvalue weighted by Gasteiger charge is 2.64. The first-order chi connectivity index (χ1) is 16.2. The van der Waals surface area contributed by atoms with Crippen LogP contribution in [-0.2, 0) is 9.59 Å². The Balaban J connectivity index is 1.43. The Kier molecular flexibility index (Phi) is 4.68. The van der Waals surface area contributed by atoms with Crippen molar-refractivity contribution in [2.24, 2.45) is 23.7 Å². The van der Waals surface area contributed by atoms with Gasteiger partial charge >= 0.3 is 0 Å². The lowest BCUT2D eigenvalue weighted by molar-refractivity contribution is -0.123. The Morgan fingerprint density at radius 2 is 1.21 bits per heavy atom. The summed E-state index contributed by atoms with van der Waals surface area (Å²) in [5.74, 6) is 0.126. The zero-order valence-corrected chi connectivity index (χ0v) is 18.5. The molecule has 4 nitrogen and oxygen atoms in total. The molecule has 2 bridgehead atoms. The lowest BCUT2D eigenvalue weighted by atomic mass is 9.73. The van der Waals surface area contributed by atoms with Crippen LogP contribution in [0.5, 0.6) is 5.75 Å². The molecule has 164 valence electrons. The van der Waals surface area contributed by atoms with Crippen LogP contribution in [0.2, 0.25) is 0 Å². The third-order valence-corrected chi connectivity index (χ3v) is 7.38. The molecule has 2 fully saturated rings. The van der Waals surface area contributed by atoms with Crippen LogP contribution in [0, 0.1) is 23.7 Å². The molecule has 0 spiro atoms. The summed E-state index contributed by atoms with van der Waals surface area (Å²) in [7, 11) is 0. The lowest BCUT2D eigenvalue weighted by Gasteiger charge is -2.27. The molecule has 1 saturated carbocycles. The van der Waals surface area contributed by atoms with Gasteiger partial charge in [0.15, 0.2) is 0 Å². The largest absolute Gasteiger partial charge is 0.494 e. The Morgan fingerprint density at radius 1 is 0.727 bits per heavy atom. The van der Waals surface area contributed by atoms with Crippen molar-refractivity contribution in [3.63, 3.8) is 0 Å². The minimum Gasteiger partial charge on any atom is -0.494 e. The Labute approximate surface area is 193 Å². The topological polar surface area (TPSA) is 46.6 Å². The third-order valence-electron chi connectivity index (χ3n) is 7.38. The van der Waals surface area contributed by atoms with Gasteiger partial charge in [-0.1, -0.05) is 60.7 Å². The summed E-state index contributed by atoms with van der Waals surface area (Å²) in [5.41, 5.74) is 5.42. The molecule has 0 radical (unpaired) electrons. The first kappa shape index (κ1) is 20.0. The maximum Gasteiger partial charge on any atom is 0.238 e. The van der Waals surface area contributed by atoms with Gasteiger partial charge in [-0.2, -0.15) is 0 Å². The van der Waals surface area contributed by atoms with Crippen molar-refractivity contribution in [1.82, 2.24) is 0 Å². The molecule has 0 unspecified atom stereocenters. The number of fused-ring (bicyclic) bond motifs is 5. The number of imide groups is 1. The first-order valence-electron chi connectivity index (χ1n) is 11.6. The summed E-state index contributed by atoms with van der Waals surface area (Å²) in [5, 5.41) is 0. The number of hydrogen-bond donors (Lipinski definition) is 0. The van der Waals surface area contributed by atoms with Crippen LogP contribution in [-0.4, -0.2) is 18.4 Å². The summed E-state index contributed by atoms with van der Waals surface area (Å²) in [6, 6.07) is 28.0. The maximum atomic E-state index is 13.7. The number of hydrogen-bond acceptors (Lipinski definition) is 3. The molecule has 1 heterocycles. The van der Waals surface area contributed by atoms with Gasteiger partial charge < -0.3 is 4.74 Å². The monoisotopic (exact) mass is 435 g/mol. The highest BCUT2D eigenvalue weighted by atomic mass is 16.5. The fraction of sp³-hybridized carbons (Fsp3) is 0.241. The van der Waals surface area contributed by atoms with Crippen LogP contribution in [0.3, 0.4) is 0 Å². The van der Waals surface area contributed by atoms with Gasteiger partial charge in [0.2, 0.25) is 11.8 Å². The van der Waals surface area contributed by atoms with Crippen LogP contribution in [0.4, 0.5) is 5.69 Å². The molecule has 33 heavy (non-hydrogen) atoms. The van der Waals surface area contributed by atoms with Gasteiger partial charge in [0.25, 0.3) is 0 Å². The predicted octanol–water partition coefficient (Wildman–Crippen LogP) is 5.45. The molecule has 6 rings (SSSR count). The number of carbonyl (C=O) groups is 2. The van der Waals surface area contributed by atoms with Crippen molar-refractivity contribution in [2.45, 2.75) is 13.3 Å². The van der Waals surface area contributed by atoms with E-state index in [4.69, 9.17) is 4.74 Å². The Bertz CT molecular complexity index is 1170. The summed E-state index contributed by atoms with van der Waals surface area (Å²) in [4.78, 5) is 28.8. The van der Waals surface area contributed by atoms with E-state index in [1.165, 1.54) is 16.0 Å². The molecule has 3 aliphatic rings. The van der Waals surface area contributed by atoms with Gasteiger partial charge in [0.05, 0.1) is 24.1 Å². The van der Waals surface area contributed by atoms with Crippen molar-refractivity contribution >= 4 is 28.6 Å². The molecular weight excluding hydrogens is 410 g/mol. The SMILES string of the molecule is CCOc1ccc(N2C(=O)[C@@H]3[C@@H](C2=O)[C@@H]2C[C@@H]3C(c3ccccc3)=C2c2ccccc2)cc1. The van der Waals surface area contributed by atoms with Crippen molar-refractivity contribution in [3.8, 4) is 5.75 Å². The zero-order valence-electron chi connectivity index (χ0n) is 18.5. The average molecular weight is 436 g/mol. The highest BCUT2D eigenvalue weighted by Crippen LogP contribution is 2.63. The van der Waals surface area contributed by atoms with Crippen LogP contribution < -0.4 is 9.64 Å². The number of rotatable bonds is 5. The first-order valence-corrected chi connectivity index (χ1v) is 11.6. The van der Waals surface area contributed by atoms with E-state index >= 15 is 0 Å². The van der Waals surface area contributed by atoms with Crippen molar-refractivity contribution in [3.05, 3.63) is 96.1 Å². The van der Waals surface area contributed by atoms with Crippen LogP contribution >= 0.6 is 0 Å². The van der Waals surface area contributed by atoms with Gasteiger partial charge in [-0.3, -0.25) is 14.5 Å². The van der Waals surface area contributed by atoms with E-state index in [0.717, 1.165) is 23.3 Å². The van der Waals surface area contributed by atoms with Gasteiger partial charge in [-0.15, -0.1) is 0 Å². The van der Waals surface area contributed by atoms with Crippen molar-refractivity contribution in [2.75, 3.05) is 11.5 Å². The van der Waals surface area contributed by atoms with Gasteiger partial charge in [-0.25, -0.2) is 0 Å². The lowest BCUT2D eigenvalue weighted by Crippen LogP contribution is -2.32. The second-order valence-corrected chi connectivity index (χ2v) is 9.00. The maximum absolute atomic E-state index is 13.7. The molecule has 2 aliphatic carbocycles. The Morgan fingerprint density at radius 3 is 1.67 bits per heavy atom. The van der Waals surface area contributed by atoms with E-state index in [9.17, 15) is 9.59 Å². The fourth-order valence-electron chi connectivity index (χ4n) is 6.21. The minimum atomic E-state index is -0.295. The standard InChI is InChI=1S/C29H25NO3/c1-2-33-21-15-13-20(14-16-21)30-28(31)26-22-17-23(27(26)29(30)32)25(19-11-7-4-8-12-19)24(22)18-9-5-3-6-10-18/h3-16,22-23,26-27H,2,17H2,1H3/t22-,23-,26+,27+/m1/s1. The number of nitrogens with zero attached hydrogens (tertiary/aromatic N) is 1. The van der Waals surface area contributed by atoms with Crippen LogP contribution in [0.25, 0.3) is 11.1 Å². The molecule has 3 aromatic carbocycles. The van der Waals surface area contributed by atoms with Crippen LogP contribution in [0.1, 0.15) is 24.5 Å². The summed E-state index contributed by atoms with van der Waals surface area (Å²) >= 11 is 0. The molecular formula is C29H25NO3. The van der Waals surface area contributed by atoms with Crippen molar-refractivity contribution in [1.29, 1.82) is 0 Å². The molecule has 0 aromatic heterocycles. The van der Waals surface area contributed by atoms with E-state index in [-0.39, 0.29) is 35.5 Å². The number of allylic oxidation sites excluding steroid dienone is 2. The normalized spacial score (nSPS) is 25.7. The summed E-state index contributed by atoms with van der Waals surface area (Å²) < 4.78 is 5.53. The second-order valence-electron chi connectivity index (χ2n) is 9.00. The molecule has 2 amide bonds. The van der Waals surface area contributed by atoms with Gasteiger partial charge in [0.1, 0.15) is 5.75 Å². The van der Waals surface area contributed by atoms with Gasteiger partial charge in [-0.05, 0) is 71.7 Å². The van der Waals surface area contributed by atoms with E-state index in [1.807, 2.05) is 67.6 Å². The van der Waals surface area contributed by atoms with E-state index in [2.05, 4.69) is 24.3 Å². The number of ether oxygens (including phenoxy) is 1. The zero-order chi connectivity index (χ0) is 22.5. The average Bonchev–Trinajstić information content (AvgIpc) is 3.50. The molecule has 0 N–H and O–H groups in total. The second kappa shape index (κ2) is 7.73. The molecule has 1 saturated heterocycles. The smallest absolute Gasteiger partial charge is 0.238 e. The third kappa shape index (κ3) is 2.97. The number of anilines is 1. The number of benzene rings is 3. The Hall–Kier alpha value is -3.66. The summed E-state index contributed by atoms with van der Waals surface area (Å²) in [6.45, 7) is 2.50. The van der Waals surface area contributed by atoms with Crippen molar-refractivity contribution < 1.29 is 14.3 Å². The predicted molar refractivity (Wildman–Crippen MR) is 128 cm³/mol. The highest BCUT2D eigenvalue weighted by molar-refractivity contribution is 6.24. The number of amides is 2. The molecule has 4 atom stereocenters. The van der Waals surface area contributed by atoms with Crippen LogP contribution in [0.15, 0.2) is 84.9 Å².